The van der Waals surface area contributed by atoms with Crippen LogP contribution < -0.4 is 5.32 Å². The van der Waals surface area contributed by atoms with E-state index < -0.39 is 0 Å². The molecule has 1 aliphatic rings. The van der Waals surface area contributed by atoms with E-state index >= 15 is 0 Å². The molecule has 40 heavy (non-hydrogen) atoms. The molecule has 2 heterocycles. The number of hydrogen-bond donors (Lipinski definition) is 1. The summed E-state index contributed by atoms with van der Waals surface area (Å²) in [7, 11) is 1.78. The third kappa shape index (κ3) is 6.90. The van der Waals surface area contributed by atoms with Gasteiger partial charge < -0.3 is 10.1 Å². The molecule has 1 saturated heterocycles. The largest absolute Gasteiger partial charge is 0.384 e. The molecule has 2 atom stereocenters. The van der Waals surface area contributed by atoms with E-state index in [1.807, 2.05) is 48.7 Å². The average molecular weight is 556 g/mol. The number of likely N-dealkylation sites (tertiary alicyclic amines) is 1. The highest BCUT2D eigenvalue weighted by Gasteiger charge is 2.28. The number of methoxy groups -OCH3 is 1. The van der Waals surface area contributed by atoms with Crippen LogP contribution in [0.3, 0.4) is 0 Å². The molecule has 1 amide bonds. The molecule has 0 spiro atoms. The van der Waals surface area contributed by atoms with Gasteiger partial charge in [-0.25, -0.2) is 0 Å². The van der Waals surface area contributed by atoms with E-state index in [1.165, 1.54) is 16.5 Å². The van der Waals surface area contributed by atoms with Gasteiger partial charge >= 0.3 is 0 Å². The Bertz CT molecular complexity index is 1400. The maximum absolute atomic E-state index is 13.1. The molecule has 1 unspecified atom stereocenters. The first-order valence-electron chi connectivity index (χ1n) is 14.2. The number of rotatable bonds is 10. The van der Waals surface area contributed by atoms with Gasteiger partial charge in [-0.3, -0.25) is 14.7 Å². The number of pyridine rings is 1. The Morgan fingerprint density at radius 2 is 1.75 bits per heavy atom. The lowest BCUT2D eigenvalue weighted by Gasteiger charge is -2.36. The zero-order valence-corrected chi connectivity index (χ0v) is 24.1. The highest BCUT2D eigenvalue weighted by atomic mass is 35.5. The molecule has 5 nitrogen and oxygen atoms in total. The van der Waals surface area contributed by atoms with Crippen LogP contribution in [0.25, 0.3) is 10.9 Å². The summed E-state index contributed by atoms with van der Waals surface area (Å²) >= 11 is 6.04. The van der Waals surface area contributed by atoms with Crippen molar-refractivity contribution in [3.8, 4) is 0 Å². The first-order valence-corrected chi connectivity index (χ1v) is 14.6. The van der Waals surface area contributed by atoms with Crippen LogP contribution in [0.5, 0.6) is 0 Å². The van der Waals surface area contributed by atoms with E-state index in [0.717, 1.165) is 50.0 Å². The maximum Gasteiger partial charge on any atom is 0.251 e. The number of amides is 1. The zero-order valence-electron chi connectivity index (χ0n) is 23.4. The number of carbonyl (C=O) groups excluding carboxylic acids is 1. The van der Waals surface area contributed by atoms with Crippen LogP contribution in [-0.4, -0.2) is 42.6 Å². The van der Waals surface area contributed by atoms with Gasteiger partial charge in [0.1, 0.15) is 0 Å². The van der Waals surface area contributed by atoms with Crippen LogP contribution in [0.2, 0.25) is 5.02 Å². The van der Waals surface area contributed by atoms with Crippen LogP contribution >= 0.6 is 11.6 Å². The van der Waals surface area contributed by atoms with Gasteiger partial charge in [0, 0.05) is 41.7 Å². The fourth-order valence-electron chi connectivity index (χ4n) is 5.92. The minimum atomic E-state index is -0.0607. The number of halogens is 1. The van der Waals surface area contributed by atoms with Crippen molar-refractivity contribution in [3.63, 3.8) is 0 Å². The number of nitrogens with one attached hydrogen (secondary N) is 1. The van der Waals surface area contributed by atoms with Crippen molar-refractivity contribution >= 4 is 28.4 Å². The summed E-state index contributed by atoms with van der Waals surface area (Å²) in [5.41, 5.74) is 5.35. The smallest absolute Gasteiger partial charge is 0.251 e. The average Bonchev–Trinajstić information content (AvgIpc) is 2.99. The lowest BCUT2D eigenvalue weighted by atomic mass is 9.80. The van der Waals surface area contributed by atoms with Gasteiger partial charge in [-0.05, 0) is 97.4 Å². The Labute approximate surface area is 242 Å². The zero-order chi connectivity index (χ0) is 27.9. The number of benzene rings is 3. The molecular formula is C34H38ClN3O2. The van der Waals surface area contributed by atoms with E-state index in [9.17, 15) is 4.79 Å². The molecule has 5 rings (SSSR count). The van der Waals surface area contributed by atoms with Crippen LogP contribution in [-0.2, 0) is 11.3 Å². The van der Waals surface area contributed by atoms with E-state index in [4.69, 9.17) is 16.3 Å². The predicted molar refractivity (Wildman–Crippen MR) is 163 cm³/mol. The lowest BCUT2D eigenvalue weighted by molar-refractivity contribution is 0.0935. The van der Waals surface area contributed by atoms with Gasteiger partial charge in [0.05, 0.1) is 18.2 Å². The van der Waals surface area contributed by atoms with Gasteiger partial charge in [-0.2, -0.15) is 0 Å². The minimum absolute atomic E-state index is 0.0536. The van der Waals surface area contributed by atoms with Gasteiger partial charge in [0.2, 0.25) is 0 Å². The second-order valence-corrected chi connectivity index (χ2v) is 11.3. The van der Waals surface area contributed by atoms with Crippen LogP contribution in [0, 0.1) is 5.92 Å². The van der Waals surface area contributed by atoms with E-state index in [2.05, 4.69) is 58.5 Å². The Balaban J connectivity index is 1.19. The summed E-state index contributed by atoms with van der Waals surface area (Å²) in [6, 6.07) is 26.4. The molecule has 0 bridgehead atoms. The number of fused-ring (bicyclic) bond motifs is 1. The lowest BCUT2D eigenvalue weighted by Crippen LogP contribution is -2.36. The Morgan fingerprint density at radius 1 is 1.02 bits per heavy atom. The monoisotopic (exact) mass is 555 g/mol. The van der Waals surface area contributed by atoms with Crippen molar-refractivity contribution in [2.45, 2.75) is 44.7 Å². The number of piperidine rings is 1. The van der Waals surface area contributed by atoms with E-state index in [0.29, 0.717) is 29.0 Å². The van der Waals surface area contributed by atoms with Gasteiger partial charge in [0.25, 0.3) is 5.91 Å². The molecule has 0 radical (unpaired) electrons. The molecule has 6 heteroatoms. The number of ether oxygens (including phenoxy) is 1. The minimum Gasteiger partial charge on any atom is -0.384 e. The van der Waals surface area contributed by atoms with E-state index in [-0.39, 0.29) is 11.9 Å². The van der Waals surface area contributed by atoms with Gasteiger partial charge in [-0.15, -0.1) is 0 Å². The second kappa shape index (κ2) is 13.4. The summed E-state index contributed by atoms with van der Waals surface area (Å²) in [4.78, 5) is 20.0. The summed E-state index contributed by atoms with van der Waals surface area (Å²) in [5, 5.41) is 5.07. The maximum atomic E-state index is 13.1. The molecule has 4 aromatic rings. The fourth-order valence-corrected chi connectivity index (χ4v) is 6.04. The Hall–Kier alpha value is -3.25. The third-order valence-corrected chi connectivity index (χ3v) is 8.46. The normalized spacial score (nSPS) is 16.1. The topological polar surface area (TPSA) is 54.5 Å². The molecule has 208 valence electrons. The number of carbonyl (C=O) groups is 1. The fraction of sp³-hybridized carbons (Fsp3) is 0.353. The molecule has 1 N–H and O–H groups in total. The van der Waals surface area contributed by atoms with Crippen molar-refractivity contribution < 1.29 is 9.53 Å². The quantitative estimate of drug-likeness (QED) is 0.221. The van der Waals surface area contributed by atoms with Gasteiger partial charge in [0.15, 0.2) is 0 Å². The summed E-state index contributed by atoms with van der Waals surface area (Å²) in [5.74, 6) is 0.800. The summed E-state index contributed by atoms with van der Waals surface area (Å²) in [6.45, 7) is 5.86. The standard InChI is InChI=1S/C34H38ClN3O2/c1-3-32(27-11-13-30(35)14-12-27)37-34(39)28-9-7-25(8-10-28)31(23-40-2)26-16-19-38(20-17-26)22-24-6-15-33-29(21-24)5-4-18-36-33/h4-15,18,21,26,31-32H,3,16-17,19-20,22-23H2,1-2H3,(H,37,39)/t31?,32-/m1/s1. The third-order valence-electron chi connectivity index (χ3n) is 8.21. The predicted octanol–water partition coefficient (Wildman–Crippen LogP) is 7.41. The summed E-state index contributed by atoms with van der Waals surface area (Å²) < 4.78 is 5.67. The van der Waals surface area contributed by atoms with Crippen molar-refractivity contribution in [2.24, 2.45) is 5.92 Å². The van der Waals surface area contributed by atoms with Crippen LogP contribution in [0.4, 0.5) is 0 Å². The molecule has 1 aromatic heterocycles. The molecule has 0 saturated carbocycles. The number of aromatic nitrogens is 1. The molecule has 3 aromatic carbocycles. The number of hydrogen-bond acceptors (Lipinski definition) is 4. The Morgan fingerprint density at radius 3 is 2.45 bits per heavy atom. The van der Waals surface area contributed by atoms with Crippen molar-refractivity contribution in [3.05, 3.63) is 112 Å². The molecule has 1 aliphatic heterocycles. The van der Waals surface area contributed by atoms with Crippen LogP contribution in [0.15, 0.2) is 85.1 Å². The summed E-state index contributed by atoms with van der Waals surface area (Å²) in [6.07, 6.45) is 4.91. The van der Waals surface area contributed by atoms with Crippen molar-refractivity contribution in [1.29, 1.82) is 0 Å². The highest BCUT2D eigenvalue weighted by Crippen LogP contribution is 2.34. The Kier molecular flexibility index (Phi) is 9.48. The first-order chi connectivity index (χ1) is 19.5. The molecule has 0 aliphatic carbocycles. The van der Waals surface area contributed by atoms with Gasteiger partial charge in [-0.1, -0.05) is 54.9 Å². The highest BCUT2D eigenvalue weighted by molar-refractivity contribution is 6.30. The van der Waals surface area contributed by atoms with Crippen molar-refractivity contribution in [1.82, 2.24) is 15.2 Å². The second-order valence-electron chi connectivity index (χ2n) is 10.8. The first kappa shape index (κ1) is 28.3. The molecular weight excluding hydrogens is 518 g/mol. The number of nitrogens with zero attached hydrogens (tertiary/aromatic N) is 2. The SMILES string of the molecule is CC[C@@H](NC(=O)c1ccc(C(COC)C2CCN(Cc3ccc4ncccc4c3)CC2)cc1)c1ccc(Cl)cc1. The van der Waals surface area contributed by atoms with Crippen molar-refractivity contribution in [2.75, 3.05) is 26.8 Å². The molecule has 1 fully saturated rings. The van der Waals surface area contributed by atoms with E-state index in [1.54, 1.807) is 7.11 Å². The van der Waals surface area contributed by atoms with Crippen LogP contribution in [0.1, 0.15) is 65.2 Å².